The second kappa shape index (κ2) is 22.2. The first-order valence-electron chi connectivity index (χ1n) is 26.6. The summed E-state index contributed by atoms with van der Waals surface area (Å²) in [6.45, 7) is 10.2. The van der Waals surface area contributed by atoms with E-state index in [0.717, 1.165) is 32.1 Å². The molecule has 5 aliphatic heterocycles. The highest BCUT2D eigenvalue weighted by Crippen LogP contribution is 2.70. The summed E-state index contributed by atoms with van der Waals surface area (Å²) in [6.07, 6.45) is -22.8. The van der Waals surface area contributed by atoms with Crippen molar-refractivity contribution < 1.29 is 114 Å². The van der Waals surface area contributed by atoms with Crippen LogP contribution < -0.4 is 0 Å². The molecule has 0 aromatic carbocycles. The molecule has 4 aliphatic carbocycles. The van der Waals surface area contributed by atoms with E-state index in [-0.39, 0.29) is 41.8 Å². The fraction of sp³-hybridized carbons (Fsp3) is 0.922. The Bertz CT molecular complexity index is 1960. The smallest absolute Gasteiger partial charge is 0.187 e. The van der Waals surface area contributed by atoms with E-state index in [4.69, 9.17) is 42.6 Å². The second-order valence-electron chi connectivity index (χ2n) is 23.4. The Hall–Kier alpha value is -1.44. The highest BCUT2D eigenvalue weighted by molar-refractivity contribution is 5.26. The monoisotopic (exact) mass is 1060 g/mol. The molecule has 0 amide bonds. The zero-order valence-corrected chi connectivity index (χ0v) is 42.5. The molecule has 23 heteroatoms. The normalized spacial score (nSPS) is 54.4. The van der Waals surface area contributed by atoms with Gasteiger partial charge in [0.15, 0.2) is 30.9 Å². The summed E-state index contributed by atoms with van der Waals surface area (Å²) in [4.78, 5) is 0. The molecule has 424 valence electrons. The first-order chi connectivity index (χ1) is 35.0. The van der Waals surface area contributed by atoms with Crippen molar-refractivity contribution in [2.45, 2.75) is 226 Å². The minimum atomic E-state index is -1.86. The van der Waals surface area contributed by atoms with Gasteiger partial charge < -0.3 is 114 Å². The third-order valence-corrected chi connectivity index (χ3v) is 19.2. The number of aliphatic hydroxyl groups is 14. The van der Waals surface area contributed by atoms with Crippen LogP contribution in [0.5, 0.6) is 0 Å². The summed E-state index contributed by atoms with van der Waals surface area (Å²) in [5.41, 5.74) is 1.59. The fourth-order valence-electron chi connectivity index (χ4n) is 14.8. The van der Waals surface area contributed by atoms with Gasteiger partial charge in [-0.05, 0) is 92.8 Å². The van der Waals surface area contributed by atoms with Gasteiger partial charge in [-0.3, -0.25) is 0 Å². The summed E-state index contributed by atoms with van der Waals surface area (Å²) in [6, 6.07) is 0. The number of hydrogen-bond acceptors (Lipinski definition) is 23. The minimum Gasteiger partial charge on any atom is -0.394 e. The van der Waals surface area contributed by atoms with Crippen LogP contribution in [0, 0.1) is 40.4 Å². The maximum atomic E-state index is 12.1. The maximum absolute atomic E-state index is 12.1. The fourth-order valence-corrected chi connectivity index (χ4v) is 14.8. The predicted molar refractivity (Wildman–Crippen MR) is 250 cm³/mol. The molecule has 5 unspecified atom stereocenters. The van der Waals surface area contributed by atoms with Crippen molar-refractivity contribution in [3.8, 4) is 0 Å². The van der Waals surface area contributed by atoms with Crippen LogP contribution in [0.4, 0.5) is 0 Å². The number of fused-ring (bicyclic) bond motifs is 7. The van der Waals surface area contributed by atoms with Gasteiger partial charge in [0.05, 0.1) is 44.7 Å². The highest BCUT2D eigenvalue weighted by Gasteiger charge is 2.68. The summed E-state index contributed by atoms with van der Waals surface area (Å²) in [5, 5.41) is 148. The lowest BCUT2D eigenvalue weighted by Gasteiger charge is -2.58. The van der Waals surface area contributed by atoms with Gasteiger partial charge in [0.2, 0.25) is 0 Å². The lowest BCUT2D eigenvalue weighted by molar-refractivity contribution is -0.389. The van der Waals surface area contributed by atoms with E-state index < -0.39 is 155 Å². The Labute approximate surface area is 430 Å². The van der Waals surface area contributed by atoms with Crippen LogP contribution in [-0.4, -0.2) is 239 Å². The maximum Gasteiger partial charge on any atom is 0.187 e. The van der Waals surface area contributed by atoms with Crippen LogP contribution in [0.15, 0.2) is 23.8 Å². The molecule has 23 nitrogen and oxygen atoms in total. The zero-order valence-electron chi connectivity index (χ0n) is 42.5. The molecule has 5 heterocycles. The molecule has 74 heavy (non-hydrogen) atoms. The number of rotatable bonds is 15. The topological polar surface area (TPSA) is 366 Å². The average Bonchev–Trinajstić information content (AvgIpc) is 3.82. The Balaban J connectivity index is 0.849. The van der Waals surface area contributed by atoms with Gasteiger partial charge in [-0.1, -0.05) is 44.6 Å². The van der Waals surface area contributed by atoms with Gasteiger partial charge >= 0.3 is 0 Å². The van der Waals surface area contributed by atoms with E-state index in [2.05, 4.69) is 33.4 Å². The van der Waals surface area contributed by atoms with Crippen molar-refractivity contribution in [1.82, 2.24) is 0 Å². The molecule has 0 radical (unpaired) electrons. The van der Waals surface area contributed by atoms with Gasteiger partial charge in [0.1, 0.15) is 91.6 Å². The summed E-state index contributed by atoms with van der Waals surface area (Å²) in [5.74, 6) is -0.401. The van der Waals surface area contributed by atoms with E-state index in [1.807, 2.05) is 0 Å². The van der Waals surface area contributed by atoms with Crippen LogP contribution in [0.1, 0.15) is 85.5 Å². The Morgan fingerprint density at radius 1 is 0.649 bits per heavy atom. The van der Waals surface area contributed by atoms with E-state index in [1.54, 1.807) is 0 Å². The van der Waals surface area contributed by atoms with Gasteiger partial charge in [0.25, 0.3) is 0 Å². The Kier molecular flexibility index (Phi) is 17.2. The minimum absolute atomic E-state index is 0.0495. The molecule has 30 atom stereocenters. The van der Waals surface area contributed by atoms with Crippen molar-refractivity contribution in [2.24, 2.45) is 40.4 Å². The third-order valence-electron chi connectivity index (χ3n) is 19.2. The lowest BCUT2D eigenvalue weighted by atomic mass is 9.47. The van der Waals surface area contributed by atoms with E-state index >= 15 is 0 Å². The number of aliphatic hydroxyl groups excluding tert-OH is 13. The standard InChI is InChI=1S/C51H82O23/c1-20(19-66-45-39(61)37(59)34(56)29(16-52)69-45)8-13-51(65)21(2)32-28(74-51)15-27-25-7-6-23-14-24(9-11-49(23,4)26(25)10-12-50(27,32)5)68-48-44(73-46-40(62)36(58)33(55)22(3)67-46)42(64)43(31(18-54)71-48)72-47-41(63)38(60)35(57)30(17-53)70-47/h6,21-22,24-48,52-65H,1,7-19H2,2-5H3/t21-,22-,24-,25?,26?,27?,28?,29+,30+,31+,32?,33-,34+,35+,36+,37-,38-,39+,40+,41+,42-,43+,44+,45+,46-,47-,48+,49-,50-,51+/m0/s1. The van der Waals surface area contributed by atoms with Crippen LogP contribution in [0.25, 0.3) is 0 Å². The summed E-state index contributed by atoms with van der Waals surface area (Å²) in [7, 11) is 0. The summed E-state index contributed by atoms with van der Waals surface area (Å²) >= 11 is 0. The zero-order chi connectivity index (χ0) is 53.5. The quantitative estimate of drug-likeness (QED) is 0.0723. The SMILES string of the molecule is C=C(CC[C@@]1(O)OC2CC3C4CC=C5C[C@@H](O[C@@H]6O[C@H](CO)[C@@H](O[C@@H]7O[C@H](CO)[C@@H](O)[C@H](O)[C@H]7O)[C@H](O)[C@H]6O[C@@H]6O[C@@H](C)[C@H](O)[C@@H](O)[C@H]6O)CC[C@]5(C)C4CC[C@]3(C)C2[C@@H]1C)CO[C@@H]1O[C@H](CO)[C@@H](O)[C@H](O)[C@H]1O. The molecular weight excluding hydrogens is 981 g/mol. The van der Waals surface area contributed by atoms with Crippen molar-refractivity contribution in [2.75, 3.05) is 26.4 Å². The van der Waals surface area contributed by atoms with E-state index in [9.17, 15) is 71.5 Å². The van der Waals surface area contributed by atoms with Crippen molar-refractivity contribution in [1.29, 1.82) is 0 Å². The number of hydrogen-bond donors (Lipinski definition) is 14. The molecule has 0 aromatic heterocycles. The molecular formula is C51H82O23. The van der Waals surface area contributed by atoms with Gasteiger partial charge in [-0.2, -0.15) is 0 Å². The van der Waals surface area contributed by atoms with Crippen LogP contribution in [-0.2, 0) is 42.6 Å². The van der Waals surface area contributed by atoms with E-state index in [1.165, 1.54) is 12.5 Å². The summed E-state index contributed by atoms with van der Waals surface area (Å²) < 4.78 is 54.2. The first kappa shape index (κ1) is 57.3. The van der Waals surface area contributed by atoms with Crippen molar-refractivity contribution >= 4 is 0 Å². The van der Waals surface area contributed by atoms with Crippen molar-refractivity contribution in [3.05, 3.63) is 23.8 Å². The highest BCUT2D eigenvalue weighted by atomic mass is 16.8. The van der Waals surface area contributed by atoms with E-state index in [0.29, 0.717) is 42.6 Å². The molecule has 14 N–H and O–H groups in total. The van der Waals surface area contributed by atoms with Gasteiger partial charge in [-0.25, -0.2) is 0 Å². The Morgan fingerprint density at radius 3 is 1.88 bits per heavy atom. The molecule has 9 aliphatic rings. The largest absolute Gasteiger partial charge is 0.394 e. The number of ether oxygens (including phenoxy) is 9. The third kappa shape index (κ3) is 10.1. The van der Waals surface area contributed by atoms with Crippen molar-refractivity contribution in [3.63, 3.8) is 0 Å². The average molecular weight is 1060 g/mol. The molecule has 0 bridgehead atoms. The first-order valence-corrected chi connectivity index (χ1v) is 26.6. The number of allylic oxidation sites excluding steroid dienone is 1. The lowest BCUT2D eigenvalue weighted by Crippen LogP contribution is -2.67. The molecule has 0 spiro atoms. The molecule has 3 saturated carbocycles. The molecule has 8 fully saturated rings. The van der Waals surface area contributed by atoms with Gasteiger partial charge in [0, 0.05) is 12.3 Å². The second-order valence-corrected chi connectivity index (χ2v) is 23.4. The Morgan fingerprint density at radius 2 is 1.23 bits per heavy atom. The molecule has 5 saturated heterocycles. The van der Waals surface area contributed by atoms with Gasteiger partial charge in [-0.15, -0.1) is 0 Å². The van der Waals surface area contributed by atoms with Crippen LogP contribution in [0.3, 0.4) is 0 Å². The molecule has 0 aromatic rings. The van der Waals surface area contributed by atoms with Crippen LogP contribution in [0.2, 0.25) is 0 Å². The van der Waals surface area contributed by atoms with Crippen LogP contribution >= 0.6 is 0 Å². The molecule has 9 rings (SSSR count). The predicted octanol–water partition coefficient (Wildman–Crippen LogP) is -3.09.